The molecule has 0 aliphatic carbocycles. The van der Waals surface area contributed by atoms with E-state index in [1.165, 1.54) is 0 Å². The van der Waals surface area contributed by atoms with Crippen molar-refractivity contribution >= 4 is 24.7 Å². The highest BCUT2D eigenvalue weighted by Gasteiger charge is 2.23. The molecule has 0 bridgehead atoms. The third-order valence-electron chi connectivity index (χ3n) is 3.06. The first-order valence-corrected chi connectivity index (χ1v) is 9.29. The van der Waals surface area contributed by atoms with Crippen LogP contribution in [0.15, 0.2) is 22.8 Å². The lowest BCUT2D eigenvalue weighted by Crippen LogP contribution is -2.26. The molecule has 0 N–H and O–H groups in total. The normalized spacial score (nSPS) is 12.1. The van der Waals surface area contributed by atoms with Crippen molar-refractivity contribution in [1.29, 1.82) is 0 Å². The number of halogens is 1. The van der Waals surface area contributed by atoms with Crippen molar-refractivity contribution in [3.8, 4) is 0 Å². The van der Waals surface area contributed by atoms with Gasteiger partial charge in [-0.1, -0.05) is 33.0 Å². The summed E-state index contributed by atoms with van der Waals surface area (Å²) in [7, 11) is -0.670. The number of hydrogen-bond donors (Lipinski definition) is 0. The van der Waals surface area contributed by atoms with E-state index in [-0.39, 0.29) is 0 Å². The van der Waals surface area contributed by atoms with Crippen LogP contribution in [-0.2, 0) is 11.3 Å². The molecule has 90 valence electrons. The monoisotopic (exact) mass is 301 g/mol. The third kappa shape index (κ3) is 4.35. The molecule has 1 heterocycles. The van der Waals surface area contributed by atoms with E-state index < -0.39 is 8.80 Å². The van der Waals surface area contributed by atoms with Gasteiger partial charge in [-0.3, -0.25) is 0 Å². The second-order valence-corrected chi connectivity index (χ2v) is 9.77. The topological polar surface area (TPSA) is 22.1 Å². The van der Waals surface area contributed by atoms with Crippen molar-refractivity contribution in [2.75, 3.05) is 6.61 Å². The largest absolute Gasteiger partial charge is 0.375 e. The minimum absolute atomic E-state index is 0.353. The van der Waals surface area contributed by atoms with Crippen LogP contribution in [0.5, 0.6) is 0 Å². The molecule has 4 heteroatoms. The molecule has 1 aromatic heterocycles. The number of rotatable bonds is 5. The summed E-state index contributed by atoms with van der Waals surface area (Å²) in [6, 6.07) is 5.90. The van der Waals surface area contributed by atoms with E-state index in [0.717, 1.165) is 16.9 Å². The molecule has 1 rings (SSSR count). The van der Waals surface area contributed by atoms with Gasteiger partial charge in [-0.2, -0.15) is 0 Å². The molecule has 16 heavy (non-hydrogen) atoms. The number of nitrogens with zero attached hydrogens (tertiary/aromatic N) is 1. The van der Waals surface area contributed by atoms with Crippen LogP contribution in [-0.4, -0.2) is 20.4 Å². The Bertz CT molecular complexity index is 342. The van der Waals surface area contributed by atoms with Crippen molar-refractivity contribution in [1.82, 2.24) is 4.98 Å². The van der Waals surface area contributed by atoms with E-state index in [9.17, 15) is 0 Å². The molecule has 0 aliphatic heterocycles. The highest BCUT2D eigenvalue weighted by molar-refractivity contribution is 9.10. The fourth-order valence-electron chi connectivity index (χ4n) is 1.12. The summed E-state index contributed by atoms with van der Waals surface area (Å²) in [5.41, 5.74) is 0.982. The van der Waals surface area contributed by atoms with Crippen LogP contribution in [0.3, 0.4) is 0 Å². The predicted molar refractivity (Wildman–Crippen MR) is 74.5 cm³/mol. The zero-order valence-corrected chi connectivity index (χ0v) is 13.2. The van der Waals surface area contributed by atoms with E-state index in [0.29, 0.717) is 11.6 Å². The van der Waals surface area contributed by atoms with Crippen LogP contribution >= 0.6 is 15.9 Å². The lowest BCUT2D eigenvalue weighted by molar-refractivity contribution is 0.0982. The number of ether oxygens (including phenoxy) is 1. The fraction of sp³-hybridized carbons (Fsp3) is 0.583. The Morgan fingerprint density at radius 3 is 2.62 bits per heavy atom. The number of pyridine rings is 1. The van der Waals surface area contributed by atoms with Gasteiger partial charge in [0.1, 0.15) is 4.60 Å². The predicted octanol–water partition coefficient (Wildman–Crippen LogP) is 3.63. The van der Waals surface area contributed by atoms with Crippen molar-refractivity contribution < 1.29 is 4.74 Å². The number of hydrogen-bond acceptors (Lipinski definition) is 2. The quantitative estimate of drug-likeness (QED) is 0.612. The van der Waals surface area contributed by atoms with Gasteiger partial charge < -0.3 is 4.74 Å². The van der Waals surface area contributed by atoms with E-state index in [2.05, 4.69) is 47.9 Å². The van der Waals surface area contributed by atoms with Crippen LogP contribution < -0.4 is 0 Å². The summed E-state index contributed by atoms with van der Waals surface area (Å²) in [6.07, 6.45) is 0. The van der Waals surface area contributed by atoms with Gasteiger partial charge in [-0.25, -0.2) is 4.98 Å². The minimum atomic E-state index is -0.670. The fourth-order valence-corrected chi connectivity index (χ4v) is 1.95. The molecule has 0 saturated carbocycles. The second kappa shape index (κ2) is 5.94. The zero-order chi connectivity index (χ0) is 12.2. The highest BCUT2D eigenvalue weighted by atomic mass is 79.9. The molecule has 0 saturated heterocycles. The Morgan fingerprint density at radius 2 is 2.06 bits per heavy atom. The van der Waals surface area contributed by atoms with Gasteiger partial charge >= 0.3 is 0 Å². The van der Waals surface area contributed by atoms with E-state index in [1.807, 2.05) is 18.2 Å². The second-order valence-electron chi connectivity index (χ2n) is 5.09. The van der Waals surface area contributed by atoms with E-state index in [4.69, 9.17) is 4.74 Å². The Kier molecular flexibility index (Phi) is 5.15. The summed E-state index contributed by atoms with van der Waals surface area (Å²) in [6.45, 7) is 10.7. The highest BCUT2D eigenvalue weighted by Crippen LogP contribution is 2.28. The van der Waals surface area contributed by atoms with Crippen molar-refractivity contribution in [2.45, 2.75) is 38.6 Å². The molecule has 0 amide bonds. The van der Waals surface area contributed by atoms with Gasteiger partial charge in [-0.15, -0.1) is 0 Å². The van der Waals surface area contributed by atoms with Crippen molar-refractivity contribution in [3.63, 3.8) is 0 Å². The standard InChI is InChI=1S/C12H20BrNOSi/c1-12(2,16(3)4)9-15-8-10-6-5-7-11(13)14-10/h5-7,16H,8-9H2,1-4H3. The summed E-state index contributed by atoms with van der Waals surface area (Å²) in [4.78, 5) is 4.34. The molecular formula is C12H20BrNOSi. The van der Waals surface area contributed by atoms with Crippen molar-refractivity contribution in [2.24, 2.45) is 0 Å². The average molecular weight is 302 g/mol. The minimum Gasteiger partial charge on any atom is -0.375 e. The van der Waals surface area contributed by atoms with Gasteiger partial charge in [0.15, 0.2) is 0 Å². The van der Waals surface area contributed by atoms with Crippen LogP contribution in [0, 0.1) is 0 Å². The van der Waals surface area contributed by atoms with Crippen LogP contribution in [0.2, 0.25) is 18.1 Å². The molecule has 0 fully saturated rings. The molecule has 0 radical (unpaired) electrons. The third-order valence-corrected chi connectivity index (χ3v) is 6.79. The molecule has 0 unspecified atom stereocenters. The van der Waals surface area contributed by atoms with E-state index >= 15 is 0 Å². The SMILES string of the molecule is C[SiH](C)C(C)(C)COCc1cccc(Br)n1. The van der Waals surface area contributed by atoms with Gasteiger partial charge in [0, 0.05) is 15.4 Å². The Hall–Kier alpha value is -0.193. The van der Waals surface area contributed by atoms with Gasteiger partial charge in [-0.05, 0) is 33.1 Å². The summed E-state index contributed by atoms with van der Waals surface area (Å²) in [5.74, 6) is 0. The average Bonchev–Trinajstić information content (AvgIpc) is 2.17. The first-order chi connectivity index (χ1) is 7.42. The first-order valence-electron chi connectivity index (χ1n) is 5.61. The Balaban J connectivity index is 2.42. The first kappa shape index (κ1) is 13.9. The summed E-state index contributed by atoms with van der Waals surface area (Å²) in [5, 5.41) is 0.353. The molecule has 0 aromatic carbocycles. The van der Waals surface area contributed by atoms with Gasteiger partial charge in [0.25, 0.3) is 0 Å². The van der Waals surface area contributed by atoms with Crippen LogP contribution in [0.1, 0.15) is 19.5 Å². The Labute approximate surface area is 108 Å². The maximum absolute atomic E-state index is 5.75. The van der Waals surface area contributed by atoms with E-state index in [1.54, 1.807) is 0 Å². The molecule has 0 spiro atoms. The maximum atomic E-state index is 5.75. The number of aromatic nitrogens is 1. The van der Waals surface area contributed by atoms with Crippen LogP contribution in [0.4, 0.5) is 0 Å². The van der Waals surface area contributed by atoms with Crippen LogP contribution in [0.25, 0.3) is 0 Å². The van der Waals surface area contributed by atoms with Crippen molar-refractivity contribution in [3.05, 3.63) is 28.5 Å². The summed E-state index contributed by atoms with van der Waals surface area (Å²) < 4.78 is 6.62. The maximum Gasteiger partial charge on any atom is 0.106 e. The Morgan fingerprint density at radius 1 is 1.38 bits per heavy atom. The lowest BCUT2D eigenvalue weighted by atomic mass is 10.2. The van der Waals surface area contributed by atoms with Gasteiger partial charge in [0.05, 0.1) is 12.3 Å². The molecule has 2 nitrogen and oxygen atoms in total. The van der Waals surface area contributed by atoms with Gasteiger partial charge in [0.2, 0.25) is 0 Å². The molecular weight excluding hydrogens is 282 g/mol. The smallest absolute Gasteiger partial charge is 0.106 e. The molecule has 0 aliphatic rings. The lowest BCUT2D eigenvalue weighted by Gasteiger charge is -2.27. The summed E-state index contributed by atoms with van der Waals surface area (Å²) >= 11 is 3.36. The zero-order valence-electron chi connectivity index (χ0n) is 10.5. The molecule has 0 atom stereocenters. The molecule has 1 aromatic rings.